The third-order valence-corrected chi connectivity index (χ3v) is 3.97. The summed E-state index contributed by atoms with van der Waals surface area (Å²) in [5.41, 5.74) is 2.54. The molecule has 0 fully saturated rings. The van der Waals surface area contributed by atoms with Gasteiger partial charge in [-0.15, -0.1) is 24.0 Å². The lowest BCUT2D eigenvalue weighted by Crippen LogP contribution is -2.36. The molecule has 0 saturated heterocycles. The maximum Gasteiger partial charge on any atom is 0.226 e. The number of halogens is 3. The predicted octanol–water partition coefficient (Wildman–Crippen LogP) is 4.62. The first-order valence-corrected chi connectivity index (χ1v) is 8.42. The van der Waals surface area contributed by atoms with E-state index in [1.54, 1.807) is 25.4 Å². The van der Waals surface area contributed by atoms with E-state index in [1.165, 1.54) is 6.07 Å². The van der Waals surface area contributed by atoms with Gasteiger partial charge in [-0.1, -0.05) is 35.9 Å². The summed E-state index contributed by atoms with van der Waals surface area (Å²) in [5.74, 6) is 0.735. The summed E-state index contributed by atoms with van der Waals surface area (Å²) in [7, 11) is 1.67. The molecule has 142 valence electrons. The Bertz CT molecular complexity index is 902. The Hall–Kier alpha value is -2.13. The fourth-order valence-electron chi connectivity index (χ4n) is 2.33. The summed E-state index contributed by atoms with van der Waals surface area (Å²) in [6, 6.07) is 14.3. The average Bonchev–Trinajstić information content (AvgIpc) is 3.14. The van der Waals surface area contributed by atoms with Crippen molar-refractivity contribution in [3.05, 3.63) is 76.9 Å². The quantitative estimate of drug-likeness (QED) is 0.305. The zero-order chi connectivity index (χ0) is 18.4. The van der Waals surface area contributed by atoms with E-state index in [1.807, 2.05) is 30.3 Å². The molecule has 1 heterocycles. The molecule has 3 rings (SSSR count). The zero-order valence-corrected chi connectivity index (χ0v) is 17.7. The second-order valence-corrected chi connectivity index (χ2v) is 5.95. The van der Waals surface area contributed by atoms with E-state index in [4.69, 9.17) is 16.0 Å². The molecule has 0 aliphatic heterocycles. The van der Waals surface area contributed by atoms with Crippen LogP contribution in [0.2, 0.25) is 5.02 Å². The largest absolute Gasteiger partial charge is 0.444 e. The van der Waals surface area contributed by atoms with Crippen molar-refractivity contribution in [1.82, 2.24) is 15.6 Å². The number of guanidine groups is 1. The van der Waals surface area contributed by atoms with Crippen molar-refractivity contribution in [3.63, 3.8) is 0 Å². The molecule has 0 radical (unpaired) electrons. The second kappa shape index (κ2) is 10.3. The predicted molar refractivity (Wildman–Crippen MR) is 116 cm³/mol. The van der Waals surface area contributed by atoms with E-state index in [0.29, 0.717) is 24.9 Å². The van der Waals surface area contributed by atoms with Crippen LogP contribution in [0.1, 0.15) is 11.3 Å². The SMILES string of the molecule is CN=C(NCc1ccc(F)c(Cl)c1)NCc1coc(-c2ccccc2)n1.I. The highest BCUT2D eigenvalue weighted by Gasteiger charge is 2.07. The molecule has 2 aromatic carbocycles. The van der Waals surface area contributed by atoms with Gasteiger partial charge in [-0.25, -0.2) is 9.37 Å². The van der Waals surface area contributed by atoms with Gasteiger partial charge in [0.25, 0.3) is 0 Å². The van der Waals surface area contributed by atoms with Crippen molar-refractivity contribution in [2.24, 2.45) is 4.99 Å². The van der Waals surface area contributed by atoms with Crippen LogP contribution in [-0.4, -0.2) is 18.0 Å². The lowest BCUT2D eigenvalue weighted by Gasteiger charge is -2.11. The summed E-state index contributed by atoms with van der Waals surface area (Å²) < 4.78 is 18.7. The molecule has 0 bridgehead atoms. The highest BCUT2D eigenvalue weighted by Crippen LogP contribution is 2.18. The highest BCUT2D eigenvalue weighted by molar-refractivity contribution is 14.0. The van der Waals surface area contributed by atoms with Crippen molar-refractivity contribution in [3.8, 4) is 11.5 Å². The monoisotopic (exact) mass is 500 g/mol. The number of benzene rings is 2. The highest BCUT2D eigenvalue weighted by atomic mass is 127. The van der Waals surface area contributed by atoms with Crippen LogP contribution < -0.4 is 10.6 Å². The number of oxazole rings is 1. The fraction of sp³-hybridized carbons (Fsp3) is 0.158. The zero-order valence-electron chi connectivity index (χ0n) is 14.6. The van der Waals surface area contributed by atoms with E-state index < -0.39 is 5.82 Å². The molecule has 5 nitrogen and oxygen atoms in total. The van der Waals surface area contributed by atoms with Crippen LogP contribution >= 0.6 is 35.6 Å². The van der Waals surface area contributed by atoms with Crippen molar-refractivity contribution >= 4 is 41.5 Å². The minimum absolute atomic E-state index is 0. The Balaban J connectivity index is 0.00000261. The summed E-state index contributed by atoms with van der Waals surface area (Å²) >= 11 is 5.79. The summed E-state index contributed by atoms with van der Waals surface area (Å²) in [4.78, 5) is 8.61. The van der Waals surface area contributed by atoms with Gasteiger partial charge in [-0.3, -0.25) is 4.99 Å². The molecule has 1 aromatic heterocycles. The molecule has 0 aliphatic carbocycles. The van der Waals surface area contributed by atoms with Gasteiger partial charge < -0.3 is 15.1 Å². The van der Waals surface area contributed by atoms with Crippen LogP contribution in [0.4, 0.5) is 4.39 Å². The van der Waals surface area contributed by atoms with E-state index in [-0.39, 0.29) is 29.0 Å². The van der Waals surface area contributed by atoms with Gasteiger partial charge in [-0.05, 0) is 29.8 Å². The molecule has 0 unspecified atom stereocenters. The minimum Gasteiger partial charge on any atom is -0.444 e. The van der Waals surface area contributed by atoms with Crippen LogP contribution in [0.15, 0.2) is 64.2 Å². The van der Waals surface area contributed by atoms with Crippen molar-refractivity contribution in [1.29, 1.82) is 0 Å². The topological polar surface area (TPSA) is 62.5 Å². The van der Waals surface area contributed by atoms with Gasteiger partial charge in [-0.2, -0.15) is 0 Å². The second-order valence-electron chi connectivity index (χ2n) is 5.54. The lowest BCUT2D eigenvalue weighted by atomic mass is 10.2. The third-order valence-electron chi connectivity index (χ3n) is 3.68. The third kappa shape index (κ3) is 5.93. The number of nitrogens with zero attached hydrogens (tertiary/aromatic N) is 2. The minimum atomic E-state index is -0.432. The number of rotatable bonds is 5. The standard InChI is InChI=1S/C19H18ClFN4O.HI/c1-22-19(23-10-13-7-8-17(21)16(20)9-13)24-11-15-12-26-18(25-15)14-5-3-2-4-6-14;/h2-9,12H,10-11H2,1H3,(H2,22,23,24);1H. The Morgan fingerprint density at radius 2 is 1.89 bits per heavy atom. The van der Waals surface area contributed by atoms with Gasteiger partial charge in [0.05, 0.1) is 17.3 Å². The normalized spacial score (nSPS) is 11.0. The molecule has 0 spiro atoms. The van der Waals surface area contributed by atoms with Crippen LogP contribution in [0.25, 0.3) is 11.5 Å². The number of aliphatic imine (C=N–C) groups is 1. The Morgan fingerprint density at radius 1 is 1.15 bits per heavy atom. The number of hydrogen-bond acceptors (Lipinski definition) is 3. The van der Waals surface area contributed by atoms with Crippen LogP contribution in [0.5, 0.6) is 0 Å². The van der Waals surface area contributed by atoms with Gasteiger partial charge in [0.2, 0.25) is 5.89 Å². The summed E-state index contributed by atoms with van der Waals surface area (Å²) in [5, 5.41) is 6.40. The summed E-state index contributed by atoms with van der Waals surface area (Å²) in [6.07, 6.45) is 1.61. The van der Waals surface area contributed by atoms with E-state index in [9.17, 15) is 4.39 Å². The number of aromatic nitrogens is 1. The smallest absolute Gasteiger partial charge is 0.226 e. The molecule has 27 heavy (non-hydrogen) atoms. The molecule has 3 aromatic rings. The molecule has 8 heteroatoms. The molecular weight excluding hydrogens is 482 g/mol. The number of nitrogens with one attached hydrogen (secondary N) is 2. The van der Waals surface area contributed by atoms with Crippen molar-refractivity contribution in [2.75, 3.05) is 7.05 Å². The van der Waals surface area contributed by atoms with Crippen molar-refractivity contribution < 1.29 is 8.81 Å². The maximum absolute atomic E-state index is 13.2. The van der Waals surface area contributed by atoms with Gasteiger partial charge >= 0.3 is 0 Å². The first-order chi connectivity index (χ1) is 12.7. The summed E-state index contributed by atoms with van der Waals surface area (Å²) in [6.45, 7) is 0.925. The Kier molecular flexibility index (Phi) is 8.05. The van der Waals surface area contributed by atoms with E-state index >= 15 is 0 Å². The van der Waals surface area contributed by atoms with Gasteiger partial charge in [0.15, 0.2) is 5.96 Å². The van der Waals surface area contributed by atoms with Crippen LogP contribution in [0.3, 0.4) is 0 Å². The Labute approximate surface area is 179 Å². The van der Waals surface area contributed by atoms with E-state index in [2.05, 4.69) is 20.6 Å². The fourth-order valence-corrected chi connectivity index (χ4v) is 2.53. The number of hydrogen-bond donors (Lipinski definition) is 2. The van der Waals surface area contributed by atoms with E-state index in [0.717, 1.165) is 16.8 Å². The molecular formula is C19H19ClFIN4O. The molecule has 0 saturated carbocycles. The molecule has 0 aliphatic rings. The first kappa shape index (κ1) is 21.2. The van der Waals surface area contributed by atoms with Gasteiger partial charge in [0.1, 0.15) is 12.1 Å². The lowest BCUT2D eigenvalue weighted by molar-refractivity contribution is 0.572. The van der Waals surface area contributed by atoms with Gasteiger partial charge in [0, 0.05) is 19.2 Å². The molecule has 0 amide bonds. The maximum atomic E-state index is 13.2. The van der Waals surface area contributed by atoms with Crippen LogP contribution in [-0.2, 0) is 13.1 Å². The Morgan fingerprint density at radius 3 is 2.59 bits per heavy atom. The van der Waals surface area contributed by atoms with Crippen LogP contribution in [0, 0.1) is 5.82 Å². The first-order valence-electron chi connectivity index (χ1n) is 8.04. The average molecular weight is 501 g/mol. The molecule has 2 N–H and O–H groups in total. The van der Waals surface area contributed by atoms with Crippen molar-refractivity contribution in [2.45, 2.75) is 13.1 Å². The molecule has 0 atom stereocenters.